The van der Waals surface area contributed by atoms with Crippen LogP contribution in [0.3, 0.4) is 0 Å². The molecule has 0 aliphatic heterocycles. The summed E-state index contributed by atoms with van der Waals surface area (Å²) in [5, 5.41) is 3.20. The standard InChI is InChI=1S/C12H17N3OS/c1-8(7-17-2)6-14-12-15-11-9(13)4-3-5-10(11)16-12/h3-5,8H,6-7,13H2,1-2H3,(H,14,15). The van der Waals surface area contributed by atoms with E-state index in [4.69, 9.17) is 10.2 Å². The highest BCUT2D eigenvalue weighted by molar-refractivity contribution is 7.98. The number of aromatic nitrogens is 1. The first kappa shape index (κ1) is 12.1. The molecule has 0 radical (unpaired) electrons. The van der Waals surface area contributed by atoms with E-state index in [1.807, 2.05) is 30.0 Å². The second-order valence-electron chi connectivity index (χ2n) is 4.15. The van der Waals surface area contributed by atoms with Gasteiger partial charge in [-0.05, 0) is 30.1 Å². The predicted molar refractivity (Wildman–Crippen MR) is 74.5 cm³/mol. The number of thioether (sulfide) groups is 1. The molecule has 5 heteroatoms. The normalized spacial score (nSPS) is 12.8. The lowest BCUT2D eigenvalue weighted by Crippen LogP contribution is -2.13. The van der Waals surface area contributed by atoms with Gasteiger partial charge in [0.25, 0.3) is 6.01 Å². The highest BCUT2D eigenvalue weighted by Gasteiger charge is 2.08. The van der Waals surface area contributed by atoms with Crippen LogP contribution < -0.4 is 11.1 Å². The maximum Gasteiger partial charge on any atom is 0.295 e. The molecule has 0 saturated carbocycles. The molecule has 0 aliphatic carbocycles. The monoisotopic (exact) mass is 251 g/mol. The summed E-state index contributed by atoms with van der Waals surface area (Å²) in [6, 6.07) is 6.11. The van der Waals surface area contributed by atoms with E-state index in [1.54, 1.807) is 0 Å². The van der Waals surface area contributed by atoms with Gasteiger partial charge in [0.1, 0.15) is 5.52 Å². The van der Waals surface area contributed by atoms with Gasteiger partial charge in [0.15, 0.2) is 5.58 Å². The Hall–Kier alpha value is -1.36. The van der Waals surface area contributed by atoms with Crippen molar-refractivity contribution in [1.29, 1.82) is 0 Å². The smallest absolute Gasteiger partial charge is 0.295 e. The van der Waals surface area contributed by atoms with Gasteiger partial charge in [-0.25, -0.2) is 0 Å². The van der Waals surface area contributed by atoms with Crippen molar-refractivity contribution in [2.75, 3.05) is 29.6 Å². The number of hydrogen-bond donors (Lipinski definition) is 2. The second kappa shape index (κ2) is 5.31. The molecule has 0 bridgehead atoms. The maximum atomic E-state index is 5.82. The average Bonchev–Trinajstić information content (AvgIpc) is 2.71. The van der Waals surface area contributed by atoms with Crippen LogP contribution in [0.1, 0.15) is 6.92 Å². The number of nitrogens with two attached hydrogens (primary N) is 1. The van der Waals surface area contributed by atoms with Gasteiger partial charge < -0.3 is 15.5 Å². The van der Waals surface area contributed by atoms with Crippen molar-refractivity contribution in [2.24, 2.45) is 5.92 Å². The molecule has 1 heterocycles. The fourth-order valence-electron chi connectivity index (χ4n) is 1.65. The summed E-state index contributed by atoms with van der Waals surface area (Å²) in [7, 11) is 0. The molecule has 1 aromatic heterocycles. The third-order valence-electron chi connectivity index (χ3n) is 2.50. The molecule has 92 valence electrons. The van der Waals surface area contributed by atoms with Crippen molar-refractivity contribution in [3.8, 4) is 0 Å². The summed E-state index contributed by atoms with van der Waals surface area (Å²) < 4.78 is 5.57. The van der Waals surface area contributed by atoms with E-state index >= 15 is 0 Å². The molecule has 0 fully saturated rings. The largest absolute Gasteiger partial charge is 0.423 e. The van der Waals surface area contributed by atoms with Crippen molar-refractivity contribution >= 4 is 34.6 Å². The number of hydrogen-bond acceptors (Lipinski definition) is 5. The summed E-state index contributed by atoms with van der Waals surface area (Å²) in [6.07, 6.45) is 2.11. The lowest BCUT2D eigenvalue weighted by Gasteiger charge is -2.08. The Morgan fingerprint density at radius 3 is 3.06 bits per heavy atom. The van der Waals surface area contributed by atoms with Crippen LogP contribution in [0, 0.1) is 5.92 Å². The van der Waals surface area contributed by atoms with Crippen LogP contribution in [-0.2, 0) is 0 Å². The summed E-state index contributed by atoms with van der Waals surface area (Å²) in [4.78, 5) is 4.33. The van der Waals surface area contributed by atoms with Crippen molar-refractivity contribution in [3.63, 3.8) is 0 Å². The number of benzene rings is 1. The Labute approximate surface area is 105 Å². The number of nitrogens with zero attached hydrogens (tertiary/aromatic N) is 1. The van der Waals surface area contributed by atoms with Gasteiger partial charge in [-0.15, -0.1) is 0 Å². The quantitative estimate of drug-likeness (QED) is 0.800. The molecule has 1 unspecified atom stereocenters. The van der Waals surface area contributed by atoms with Crippen molar-refractivity contribution < 1.29 is 4.42 Å². The maximum absolute atomic E-state index is 5.82. The second-order valence-corrected chi connectivity index (χ2v) is 5.07. The zero-order chi connectivity index (χ0) is 12.3. The van der Waals surface area contributed by atoms with Gasteiger partial charge in [0, 0.05) is 6.54 Å². The van der Waals surface area contributed by atoms with Crippen molar-refractivity contribution in [3.05, 3.63) is 18.2 Å². The van der Waals surface area contributed by atoms with Crippen LogP contribution in [0.15, 0.2) is 22.6 Å². The van der Waals surface area contributed by atoms with Gasteiger partial charge in [0.05, 0.1) is 5.69 Å². The van der Waals surface area contributed by atoms with E-state index < -0.39 is 0 Å². The Morgan fingerprint density at radius 2 is 2.35 bits per heavy atom. The Balaban J connectivity index is 2.07. The number of nitrogens with one attached hydrogen (secondary N) is 1. The third-order valence-corrected chi connectivity index (χ3v) is 3.41. The highest BCUT2D eigenvalue weighted by atomic mass is 32.2. The Morgan fingerprint density at radius 1 is 1.53 bits per heavy atom. The molecular weight excluding hydrogens is 234 g/mol. The average molecular weight is 251 g/mol. The number of fused-ring (bicyclic) bond motifs is 1. The Kier molecular flexibility index (Phi) is 3.78. The molecule has 0 aliphatic rings. The summed E-state index contributed by atoms with van der Waals surface area (Å²) in [6.45, 7) is 3.05. The van der Waals surface area contributed by atoms with Crippen molar-refractivity contribution in [1.82, 2.24) is 4.98 Å². The minimum atomic E-state index is 0.547. The fraction of sp³-hybridized carbons (Fsp3) is 0.417. The van der Waals surface area contributed by atoms with Crippen LogP contribution in [0.25, 0.3) is 11.1 Å². The molecular formula is C12H17N3OS. The minimum absolute atomic E-state index is 0.547. The molecule has 0 saturated heterocycles. The van der Waals surface area contributed by atoms with Crippen LogP contribution in [0.2, 0.25) is 0 Å². The van der Waals surface area contributed by atoms with E-state index in [0.29, 0.717) is 17.6 Å². The molecule has 2 aromatic rings. The van der Waals surface area contributed by atoms with Crippen LogP contribution >= 0.6 is 11.8 Å². The van der Waals surface area contributed by atoms with Gasteiger partial charge >= 0.3 is 0 Å². The summed E-state index contributed by atoms with van der Waals surface area (Å²) >= 11 is 1.84. The number of nitrogen functional groups attached to an aromatic ring is 1. The lowest BCUT2D eigenvalue weighted by atomic mass is 10.2. The van der Waals surface area contributed by atoms with Gasteiger partial charge in [-0.1, -0.05) is 13.0 Å². The van der Waals surface area contributed by atoms with Crippen LogP contribution in [0.4, 0.5) is 11.7 Å². The lowest BCUT2D eigenvalue weighted by molar-refractivity contribution is 0.598. The zero-order valence-corrected chi connectivity index (χ0v) is 10.9. The third kappa shape index (κ3) is 2.85. The zero-order valence-electron chi connectivity index (χ0n) is 10.1. The number of rotatable bonds is 5. The highest BCUT2D eigenvalue weighted by Crippen LogP contribution is 2.23. The van der Waals surface area contributed by atoms with E-state index in [1.165, 1.54) is 0 Å². The molecule has 1 atom stereocenters. The first-order chi connectivity index (χ1) is 8.20. The van der Waals surface area contributed by atoms with Gasteiger partial charge in [-0.3, -0.25) is 0 Å². The van der Waals surface area contributed by atoms with Gasteiger partial charge in [-0.2, -0.15) is 16.7 Å². The first-order valence-corrected chi connectivity index (χ1v) is 6.98. The predicted octanol–water partition coefficient (Wildman–Crippen LogP) is 2.82. The summed E-state index contributed by atoms with van der Waals surface area (Å²) in [5.41, 5.74) is 7.93. The Bertz CT molecular complexity index is 497. The number of para-hydroxylation sites is 1. The molecule has 1 aromatic carbocycles. The van der Waals surface area contributed by atoms with E-state index in [-0.39, 0.29) is 0 Å². The minimum Gasteiger partial charge on any atom is -0.423 e. The van der Waals surface area contributed by atoms with E-state index in [9.17, 15) is 0 Å². The van der Waals surface area contributed by atoms with E-state index in [2.05, 4.69) is 23.5 Å². The molecule has 0 amide bonds. The number of oxazole rings is 1. The molecule has 2 rings (SSSR count). The number of anilines is 2. The first-order valence-electron chi connectivity index (χ1n) is 5.58. The van der Waals surface area contributed by atoms with Crippen LogP contribution in [-0.4, -0.2) is 23.5 Å². The molecule has 0 spiro atoms. The summed E-state index contributed by atoms with van der Waals surface area (Å²) in [5.74, 6) is 1.70. The molecule has 17 heavy (non-hydrogen) atoms. The topological polar surface area (TPSA) is 64.1 Å². The molecule has 4 nitrogen and oxygen atoms in total. The van der Waals surface area contributed by atoms with Crippen molar-refractivity contribution in [2.45, 2.75) is 6.92 Å². The van der Waals surface area contributed by atoms with E-state index in [0.717, 1.165) is 23.4 Å². The fourth-order valence-corrected chi connectivity index (χ4v) is 2.34. The SMILES string of the molecule is CSCC(C)CNc1nc2c(N)cccc2o1. The molecule has 3 N–H and O–H groups in total. The van der Waals surface area contributed by atoms with Crippen LogP contribution in [0.5, 0.6) is 0 Å². The van der Waals surface area contributed by atoms with Gasteiger partial charge in [0.2, 0.25) is 0 Å².